The molecule has 1 heterocycles. The molecule has 4 N–H and O–H groups in total. The van der Waals surface area contributed by atoms with Gasteiger partial charge in [-0.3, -0.25) is 14.3 Å². The van der Waals surface area contributed by atoms with Gasteiger partial charge in [0, 0.05) is 31.0 Å². The summed E-state index contributed by atoms with van der Waals surface area (Å²) in [4.78, 5) is 25.1. The number of carbonyl (C=O) groups excluding carboxylic acids is 1. The lowest BCUT2D eigenvalue weighted by Crippen LogP contribution is -2.26. The Morgan fingerprint density at radius 1 is 0.974 bits per heavy atom. The Labute approximate surface area is 224 Å². The largest absolute Gasteiger partial charge is 0.508 e. The van der Waals surface area contributed by atoms with Crippen molar-refractivity contribution in [3.8, 4) is 40.1 Å². The number of hydrogen-bond donors (Lipinski definition) is 4. The van der Waals surface area contributed by atoms with Crippen LogP contribution in [0.4, 0.5) is 10.5 Å². The predicted molar refractivity (Wildman–Crippen MR) is 145 cm³/mol. The van der Waals surface area contributed by atoms with Crippen LogP contribution >= 0.6 is 0 Å². The third-order valence-electron chi connectivity index (χ3n) is 6.05. The molecule has 4 rings (SSSR count). The van der Waals surface area contributed by atoms with Gasteiger partial charge in [0.25, 0.3) is 5.91 Å². The first-order valence-corrected chi connectivity index (χ1v) is 12.3. The van der Waals surface area contributed by atoms with E-state index in [-0.39, 0.29) is 29.1 Å². The minimum absolute atomic E-state index is 0.0252. The maximum absolute atomic E-state index is 12.8. The van der Waals surface area contributed by atoms with E-state index in [0.717, 1.165) is 4.90 Å². The number of carbonyl (C=O) groups is 2. The third-order valence-corrected chi connectivity index (χ3v) is 6.05. The second kappa shape index (κ2) is 11.1. The molecule has 0 spiro atoms. The van der Waals surface area contributed by atoms with Gasteiger partial charge < -0.3 is 25.4 Å². The molecule has 3 aromatic carbocycles. The Balaban J connectivity index is 1.71. The molecule has 0 fully saturated rings. The minimum atomic E-state index is -1.07. The first-order chi connectivity index (χ1) is 18.6. The van der Waals surface area contributed by atoms with Gasteiger partial charge in [-0.05, 0) is 73.0 Å². The van der Waals surface area contributed by atoms with E-state index in [4.69, 9.17) is 9.84 Å². The maximum atomic E-state index is 12.8. The lowest BCUT2D eigenvalue weighted by atomic mass is 9.98. The molecule has 4 aromatic rings. The van der Waals surface area contributed by atoms with E-state index >= 15 is 0 Å². The number of rotatable bonds is 8. The Hall–Kier alpha value is -5.06. The van der Waals surface area contributed by atoms with Gasteiger partial charge in [0.2, 0.25) is 5.82 Å². The predicted octanol–water partition coefficient (Wildman–Crippen LogP) is 5.13. The van der Waals surface area contributed by atoms with Crippen molar-refractivity contribution >= 4 is 17.7 Å². The highest BCUT2D eigenvalue weighted by Crippen LogP contribution is 2.38. The Morgan fingerprint density at radius 3 is 2.15 bits per heavy atom. The zero-order valence-corrected chi connectivity index (χ0v) is 21.9. The number of phenols is 2. The van der Waals surface area contributed by atoms with Gasteiger partial charge in [-0.1, -0.05) is 13.8 Å². The quantitative estimate of drug-likeness (QED) is 0.245. The van der Waals surface area contributed by atoms with Gasteiger partial charge in [-0.25, -0.2) is 4.79 Å². The first-order valence-electron chi connectivity index (χ1n) is 12.3. The van der Waals surface area contributed by atoms with E-state index in [0.29, 0.717) is 40.5 Å². The maximum Gasteiger partial charge on any atom is 0.411 e. The Kier molecular flexibility index (Phi) is 7.70. The fraction of sp³-hybridized carbons (Fsp3) is 0.214. The van der Waals surface area contributed by atoms with Gasteiger partial charge in [-0.2, -0.15) is 0 Å². The van der Waals surface area contributed by atoms with Crippen molar-refractivity contribution in [2.45, 2.75) is 26.7 Å². The van der Waals surface area contributed by atoms with Crippen molar-refractivity contribution in [1.82, 2.24) is 20.1 Å². The SMILES string of the molecule is CCNC(=O)c1nnc(-c2cc(C(C)C)c(O)cc2O)n1-c1ccc(Oc2ccc(N(C)C(=O)O)cc2)cc1. The average molecular weight is 532 g/mol. The molecule has 2 amide bonds. The van der Waals surface area contributed by atoms with Crippen LogP contribution in [0.3, 0.4) is 0 Å². The normalized spacial score (nSPS) is 10.9. The Morgan fingerprint density at radius 2 is 1.59 bits per heavy atom. The van der Waals surface area contributed by atoms with Crippen LogP contribution in [0, 0.1) is 0 Å². The van der Waals surface area contributed by atoms with Crippen LogP contribution in [-0.2, 0) is 0 Å². The Bertz CT molecular complexity index is 1500. The molecule has 11 nitrogen and oxygen atoms in total. The van der Waals surface area contributed by atoms with Crippen LogP contribution in [0.5, 0.6) is 23.0 Å². The fourth-order valence-corrected chi connectivity index (χ4v) is 3.97. The molecule has 0 radical (unpaired) electrons. The summed E-state index contributed by atoms with van der Waals surface area (Å²) in [6, 6.07) is 16.3. The summed E-state index contributed by atoms with van der Waals surface area (Å²) in [5.74, 6) is 0.550. The number of benzene rings is 3. The van der Waals surface area contributed by atoms with E-state index < -0.39 is 12.0 Å². The smallest absolute Gasteiger partial charge is 0.411 e. The summed E-state index contributed by atoms with van der Waals surface area (Å²) >= 11 is 0. The molecular formula is C28H29N5O6. The fourth-order valence-electron chi connectivity index (χ4n) is 3.97. The first kappa shape index (κ1) is 27.0. The molecule has 0 atom stereocenters. The highest BCUT2D eigenvalue weighted by molar-refractivity contribution is 5.92. The zero-order chi connectivity index (χ0) is 28.3. The van der Waals surface area contributed by atoms with Crippen LogP contribution < -0.4 is 15.0 Å². The molecule has 0 aliphatic rings. The van der Waals surface area contributed by atoms with Gasteiger partial charge in [-0.15, -0.1) is 10.2 Å². The molecule has 0 bridgehead atoms. The molecule has 202 valence electrons. The number of anilines is 1. The molecule has 0 aliphatic carbocycles. The number of carboxylic acid groups (broad SMARTS) is 1. The standard InChI is InChI=1S/C28H29N5O6/c1-5-29-27(36)26-31-30-25(22-14-21(16(2)3)23(34)15-24(22)35)33(26)18-8-12-20(13-9-18)39-19-10-6-17(7-11-19)32(4)28(37)38/h6-16,34-35H,5H2,1-4H3,(H,29,36)(H,37,38). The summed E-state index contributed by atoms with van der Waals surface area (Å²) in [5.41, 5.74) is 1.97. The van der Waals surface area contributed by atoms with Crippen LogP contribution in [0.2, 0.25) is 0 Å². The number of aromatic hydroxyl groups is 2. The number of ether oxygens (including phenoxy) is 1. The van der Waals surface area contributed by atoms with Crippen molar-refractivity contribution in [1.29, 1.82) is 0 Å². The number of nitrogens with zero attached hydrogens (tertiary/aromatic N) is 4. The highest BCUT2D eigenvalue weighted by atomic mass is 16.5. The summed E-state index contributed by atoms with van der Waals surface area (Å²) in [7, 11) is 1.45. The molecule has 11 heteroatoms. The zero-order valence-electron chi connectivity index (χ0n) is 21.9. The molecule has 0 aliphatic heterocycles. The molecule has 0 saturated heterocycles. The number of hydrogen-bond acceptors (Lipinski definition) is 7. The number of nitrogens with one attached hydrogen (secondary N) is 1. The molecule has 1 aromatic heterocycles. The summed E-state index contributed by atoms with van der Waals surface area (Å²) in [5, 5.41) is 41.1. The van der Waals surface area contributed by atoms with Crippen LogP contribution in [0.15, 0.2) is 60.7 Å². The lowest BCUT2D eigenvalue weighted by Gasteiger charge is -2.15. The van der Waals surface area contributed by atoms with E-state index in [2.05, 4.69) is 15.5 Å². The molecule has 0 saturated carbocycles. The lowest BCUT2D eigenvalue weighted by molar-refractivity contribution is 0.0943. The molecular weight excluding hydrogens is 502 g/mol. The van der Waals surface area contributed by atoms with Crippen molar-refractivity contribution in [3.63, 3.8) is 0 Å². The van der Waals surface area contributed by atoms with Crippen molar-refractivity contribution < 1.29 is 29.6 Å². The molecule has 0 unspecified atom stereocenters. The average Bonchev–Trinajstić information content (AvgIpc) is 3.34. The monoisotopic (exact) mass is 531 g/mol. The third kappa shape index (κ3) is 5.61. The van der Waals surface area contributed by atoms with E-state index in [1.807, 2.05) is 13.8 Å². The van der Waals surface area contributed by atoms with Crippen molar-refractivity contribution in [2.24, 2.45) is 0 Å². The molecule has 39 heavy (non-hydrogen) atoms. The van der Waals surface area contributed by atoms with Gasteiger partial charge in [0.1, 0.15) is 23.0 Å². The van der Waals surface area contributed by atoms with Gasteiger partial charge in [0.15, 0.2) is 5.82 Å². The van der Waals surface area contributed by atoms with Crippen molar-refractivity contribution in [2.75, 3.05) is 18.5 Å². The highest BCUT2D eigenvalue weighted by Gasteiger charge is 2.24. The van der Waals surface area contributed by atoms with E-state index in [1.165, 1.54) is 17.7 Å². The van der Waals surface area contributed by atoms with E-state index in [1.54, 1.807) is 61.5 Å². The van der Waals surface area contributed by atoms with Crippen LogP contribution in [0.25, 0.3) is 17.1 Å². The van der Waals surface area contributed by atoms with E-state index in [9.17, 15) is 19.8 Å². The second-order valence-electron chi connectivity index (χ2n) is 9.06. The van der Waals surface area contributed by atoms with Crippen LogP contribution in [0.1, 0.15) is 42.9 Å². The number of phenolic OH excluding ortho intramolecular Hbond substituents is 2. The minimum Gasteiger partial charge on any atom is -0.508 e. The number of aromatic nitrogens is 3. The van der Waals surface area contributed by atoms with Crippen LogP contribution in [-0.4, -0.2) is 55.7 Å². The summed E-state index contributed by atoms with van der Waals surface area (Å²) < 4.78 is 7.43. The second-order valence-corrected chi connectivity index (χ2v) is 9.06. The summed E-state index contributed by atoms with van der Waals surface area (Å²) in [6.07, 6.45) is -1.07. The van der Waals surface area contributed by atoms with Crippen molar-refractivity contribution in [3.05, 3.63) is 72.1 Å². The topological polar surface area (TPSA) is 150 Å². The van der Waals surface area contributed by atoms with Gasteiger partial charge >= 0.3 is 6.09 Å². The summed E-state index contributed by atoms with van der Waals surface area (Å²) in [6.45, 7) is 6.00. The number of amides is 2. The van der Waals surface area contributed by atoms with Gasteiger partial charge in [0.05, 0.1) is 5.56 Å².